The quantitative estimate of drug-likeness (QED) is 0.626. The van der Waals surface area contributed by atoms with Crippen molar-refractivity contribution in [1.82, 2.24) is 9.21 Å². The van der Waals surface area contributed by atoms with E-state index in [9.17, 15) is 8.42 Å². The summed E-state index contributed by atoms with van der Waals surface area (Å²) in [5.74, 6) is 0. The summed E-state index contributed by atoms with van der Waals surface area (Å²) in [4.78, 5) is 2.13. The summed E-state index contributed by atoms with van der Waals surface area (Å²) < 4.78 is 35.1. The molecule has 0 aromatic carbocycles. The fourth-order valence-corrected chi connectivity index (χ4v) is 3.34. The molecule has 1 rings (SSSR count). The largest absolute Gasteiger partial charge is 0.354 e. The second kappa shape index (κ2) is 6.47. The standard InChI is InChI=1S/C11H25N3O4S/c1-11(9-12,10(17-2)18-3)13-5-7-14(8-6-13)19(4,15)16/h10H,5-9,12H2,1-4H3. The van der Waals surface area contributed by atoms with Gasteiger partial charge in [-0.3, -0.25) is 4.90 Å². The maximum atomic E-state index is 11.5. The van der Waals surface area contributed by atoms with Gasteiger partial charge in [0.15, 0.2) is 6.29 Å². The van der Waals surface area contributed by atoms with Gasteiger partial charge in [0.2, 0.25) is 10.0 Å². The van der Waals surface area contributed by atoms with E-state index in [2.05, 4.69) is 4.90 Å². The summed E-state index contributed by atoms with van der Waals surface area (Å²) in [5.41, 5.74) is 5.41. The number of hydrogen-bond acceptors (Lipinski definition) is 6. The molecule has 1 atom stereocenters. The number of nitrogens with two attached hydrogens (primary N) is 1. The lowest BCUT2D eigenvalue weighted by atomic mass is 9.98. The monoisotopic (exact) mass is 295 g/mol. The third-order valence-electron chi connectivity index (χ3n) is 3.78. The minimum Gasteiger partial charge on any atom is -0.354 e. The molecule has 1 unspecified atom stereocenters. The summed E-state index contributed by atoms with van der Waals surface area (Å²) >= 11 is 0. The molecule has 0 saturated carbocycles. The zero-order valence-corrected chi connectivity index (χ0v) is 12.9. The predicted molar refractivity (Wildman–Crippen MR) is 73.3 cm³/mol. The summed E-state index contributed by atoms with van der Waals surface area (Å²) in [6.07, 6.45) is 0.792. The first-order valence-electron chi connectivity index (χ1n) is 6.25. The molecule has 1 saturated heterocycles. The molecular weight excluding hydrogens is 270 g/mol. The van der Waals surface area contributed by atoms with Gasteiger partial charge in [0, 0.05) is 46.9 Å². The minimum absolute atomic E-state index is 0.373. The van der Waals surface area contributed by atoms with Gasteiger partial charge in [-0.15, -0.1) is 0 Å². The van der Waals surface area contributed by atoms with Gasteiger partial charge < -0.3 is 15.2 Å². The van der Waals surface area contributed by atoms with E-state index in [1.807, 2.05) is 6.92 Å². The van der Waals surface area contributed by atoms with Crippen LogP contribution in [-0.4, -0.2) is 82.7 Å². The van der Waals surface area contributed by atoms with Gasteiger partial charge >= 0.3 is 0 Å². The van der Waals surface area contributed by atoms with Crippen molar-refractivity contribution in [2.75, 3.05) is 53.2 Å². The van der Waals surface area contributed by atoms with Crippen molar-refractivity contribution in [1.29, 1.82) is 0 Å². The van der Waals surface area contributed by atoms with Crippen molar-refractivity contribution < 1.29 is 17.9 Å². The van der Waals surface area contributed by atoms with Crippen LogP contribution in [0.5, 0.6) is 0 Å². The smallest absolute Gasteiger partial charge is 0.211 e. The second-order valence-corrected chi connectivity index (χ2v) is 7.00. The van der Waals surface area contributed by atoms with Crippen molar-refractivity contribution in [3.63, 3.8) is 0 Å². The van der Waals surface area contributed by atoms with Crippen LogP contribution in [0.4, 0.5) is 0 Å². The van der Waals surface area contributed by atoms with E-state index in [1.54, 1.807) is 14.2 Å². The molecule has 2 N–H and O–H groups in total. The molecule has 0 aromatic rings. The SMILES string of the molecule is COC(OC)C(C)(CN)N1CCN(S(C)(=O)=O)CC1. The van der Waals surface area contributed by atoms with Crippen LogP contribution >= 0.6 is 0 Å². The average Bonchev–Trinajstić information content (AvgIpc) is 2.39. The third-order valence-corrected chi connectivity index (χ3v) is 5.08. The number of hydrogen-bond donors (Lipinski definition) is 1. The molecule has 0 aliphatic carbocycles. The molecule has 0 radical (unpaired) electrons. The van der Waals surface area contributed by atoms with Gasteiger partial charge in [0.1, 0.15) is 0 Å². The molecule has 114 valence electrons. The number of ether oxygens (including phenoxy) is 2. The van der Waals surface area contributed by atoms with Crippen LogP contribution in [0.2, 0.25) is 0 Å². The highest BCUT2D eigenvalue weighted by atomic mass is 32.2. The Morgan fingerprint density at radius 1 is 1.21 bits per heavy atom. The molecule has 0 bridgehead atoms. The van der Waals surface area contributed by atoms with Crippen molar-refractivity contribution >= 4 is 10.0 Å². The Balaban J connectivity index is 2.76. The highest BCUT2D eigenvalue weighted by Gasteiger charge is 2.41. The van der Waals surface area contributed by atoms with Gasteiger partial charge in [0.25, 0.3) is 0 Å². The number of rotatable bonds is 6. The Hall–Kier alpha value is -0.250. The van der Waals surface area contributed by atoms with Crippen LogP contribution in [0.3, 0.4) is 0 Å². The number of methoxy groups -OCH3 is 2. The van der Waals surface area contributed by atoms with E-state index in [4.69, 9.17) is 15.2 Å². The maximum absolute atomic E-state index is 11.5. The Bertz CT molecular complexity index is 377. The van der Waals surface area contributed by atoms with Crippen molar-refractivity contribution in [3.05, 3.63) is 0 Å². The van der Waals surface area contributed by atoms with E-state index < -0.39 is 21.9 Å². The van der Waals surface area contributed by atoms with E-state index in [1.165, 1.54) is 10.6 Å². The van der Waals surface area contributed by atoms with E-state index in [0.29, 0.717) is 32.7 Å². The molecule has 1 fully saturated rings. The van der Waals surface area contributed by atoms with Crippen LogP contribution < -0.4 is 5.73 Å². The molecule has 19 heavy (non-hydrogen) atoms. The molecule has 1 heterocycles. The number of piperazine rings is 1. The highest BCUT2D eigenvalue weighted by molar-refractivity contribution is 7.88. The molecule has 1 aliphatic heterocycles. The van der Waals surface area contributed by atoms with Gasteiger partial charge in [0.05, 0.1) is 11.8 Å². The number of sulfonamides is 1. The van der Waals surface area contributed by atoms with Crippen molar-refractivity contribution in [2.24, 2.45) is 5.73 Å². The topological polar surface area (TPSA) is 85.1 Å². The van der Waals surface area contributed by atoms with Crippen molar-refractivity contribution in [2.45, 2.75) is 18.8 Å². The summed E-state index contributed by atoms with van der Waals surface area (Å²) in [5, 5.41) is 0. The molecule has 0 spiro atoms. The van der Waals surface area contributed by atoms with Crippen LogP contribution in [0.15, 0.2) is 0 Å². The Kier molecular flexibility index (Phi) is 5.72. The van der Waals surface area contributed by atoms with Crippen molar-refractivity contribution in [3.8, 4) is 0 Å². The first kappa shape index (κ1) is 16.8. The van der Waals surface area contributed by atoms with Crippen LogP contribution in [0, 0.1) is 0 Å². The summed E-state index contributed by atoms with van der Waals surface area (Å²) in [7, 11) is 0.0364. The highest BCUT2D eigenvalue weighted by Crippen LogP contribution is 2.23. The molecule has 8 heteroatoms. The molecule has 0 aromatic heterocycles. The first-order valence-corrected chi connectivity index (χ1v) is 8.10. The average molecular weight is 295 g/mol. The fraction of sp³-hybridized carbons (Fsp3) is 1.00. The Labute approximate surface area is 115 Å². The van der Waals surface area contributed by atoms with E-state index in [-0.39, 0.29) is 0 Å². The maximum Gasteiger partial charge on any atom is 0.211 e. The second-order valence-electron chi connectivity index (χ2n) is 5.01. The Morgan fingerprint density at radius 2 is 1.68 bits per heavy atom. The zero-order valence-electron chi connectivity index (χ0n) is 12.1. The lowest BCUT2D eigenvalue weighted by Gasteiger charge is -2.47. The van der Waals surface area contributed by atoms with Gasteiger partial charge in [-0.05, 0) is 6.92 Å². The van der Waals surface area contributed by atoms with Crippen LogP contribution in [0.25, 0.3) is 0 Å². The van der Waals surface area contributed by atoms with Crippen LogP contribution in [0.1, 0.15) is 6.92 Å². The molecule has 1 aliphatic rings. The van der Waals surface area contributed by atoms with E-state index in [0.717, 1.165) is 0 Å². The summed E-state index contributed by atoms with van der Waals surface area (Å²) in [6.45, 7) is 4.51. The Morgan fingerprint density at radius 3 is 2.00 bits per heavy atom. The zero-order chi connectivity index (χ0) is 14.7. The minimum atomic E-state index is -3.12. The predicted octanol–water partition coefficient (Wildman–Crippen LogP) is -1.10. The molecular formula is C11H25N3O4S. The first-order chi connectivity index (χ1) is 8.79. The molecule has 0 amide bonds. The fourth-order valence-electron chi connectivity index (χ4n) is 2.51. The van der Waals surface area contributed by atoms with Gasteiger partial charge in [-0.1, -0.05) is 0 Å². The summed E-state index contributed by atoms with van der Waals surface area (Å²) in [6, 6.07) is 0. The number of nitrogens with zero attached hydrogens (tertiary/aromatic N) is 2. The lowest BCUT2D eigenvalue weighted by molar-refractivity contribution is -0.184. The molecule has 7 nitrogen and oxygen atoms in total. The normalized spacial score (nSPS) is 22.6. The van der Waals surface area contributed by atoms with Gasteiger partial charge in [-0.25, -0.2) is 8.42 Å². The lowest BCUT2D eigenvalue weighted by Crippen LogP contribution is -2.65. The van der Waals surface area contributed by atoms with Crippen LogP contribution in [-0.2, 0) is 19.5 Å². The van der Waals surface area contributed by atoms with Gasteiger partial charge in [-0.2, -0.15) is 4.31 Å². The third kappa shape index (κ3) is 3.65. The van der Waals surface area contributed by atoms with E-state index >= 15 is 0 Å².